The molecule has 0 spiro atoms. The maximum Gasteiger partial charge on any atom is 0.276 e. The van der Waals surface area contributed by atoms with Gasteiger partial charge in [-0.05, 0) is 0 Å². The predicted molar refractivity (Wildman–Crippen MR) is 50.7 cm³/mol. The molecule has 1 aromatic rings. The molecule has 0 aliphatic carbocycles. The topological polar surface area (TPSA) is 113 Å². The summed E-state index contributed by atoms with van der Waals surface area (Å²) in [6.45, 7) is 1.18. The first-order valence-corrected chi connectivity index (χ1v) is 3.89. The van der Waals surface area contributed by atoms with Gasteiger partial charge in [-0.15, -0.1) is 0 Å². The van der Waals surface area contributed by atoms with Crippen molar-refractivity contribution in [1.82, 2.24) is 0 Å². The Morgan fingerprint density at radius 2 is 1.87 bits per heavy atom. The zero-order valence-corrected chi connectivity index (χ0v) is 7.72. The van der Waals surface area contributed by atoms with Crippen molar-refractivity contribution in [1.29, 1.82) is 0 Å². The zero-order chi connectivity index (χ0) is 11.6. The van der Waals surface area contributed by atoms with Gasteiger partial charge in [0.15, 0.2) is 0 Å². The molecule has 0 heterocycles. The van der Waals surface area contributed by atoms with Crippen molar-refractivity contribution in [2.24, 2.45) is 0 Å². The summed E-state index contributed by atoms with van der Waals surface area (Å²) in [5.74, 6) is -1.62. The second kappa shape index (κ2) is 3.82. The number of rotatable bonds is 2. The van der Waals surface area contributed by atoms with Crippen LogP contribution in [0.25, 0.3) is 0 Å². The maximum atomic E-state index is 10.7. The number of anilines is 1. The van der Waals surface area contributed by atoms with Crippen molar-refractivity contribution < 1.29 is 19.9 Å². The van der Waals surface area contributed by atoms with Crippen LogP contribution >= 0.6 is 0 Å². The Bertz CT molecular complexity index is 406. The fourth-order valence-corrected chi connectivity index (χ4v) is 1.01. The molecule has 1 amide bonds. The fourth-order valence-electron chi connectivity index (χ4n) is 1.01. The first-order chi connectivity index (χ1) is 6.91. The zero-order valence-electron chi connectivity index (χ0n) is 7.72. The minimum Gasteiger partial charge on any atom is -0.505 e. The molecule has 0 atom stereocenters. The van der Waals surface area contributed by atoms with E-state index < -0.39 is 28.0 Å². The molecule has 7 nitrogen and oxygen atoms in total. The maximum absolute atomic E-state index is 10.7. The van der Waals surface area contributed by atoms with Crippen LogP contribution in [0, 0.1) is 10.1 Å². The molecule has 0 fully saturated rings. The number of amides is 1. The van der Waals surface area contributed by atoms with Gasteiger partial charge in [0.2, 0.25) is 5.91 Å². The van der Waals surface area contributed by atoms with Crippen LogP contribution in [-0.4, -0.2) is 21.0 Å². The molecule has 1 rings (SSSR count). The van der Waals surface area contributed by atoms with Gasteiger partial charge in [-0.2, -0.15) is 0 Å². The van der Waals surface area contributed by atoms with Crippen LogP contribution in [0.1, 0.15) is 6.92 Å². The Labute approximate surface area is 84.1 Å². The Hall–Kier alpha value is -2.31. The van der Waals surface area contributed by atoms with Crippen molar-refractivity contribution in [2.75, 3.05) is 5.32 Å². The summed E-state index contributed by atoms with van der Waals surface area (Å²) in [7, 11) is 0. The standard InChI is InChI=1S/C8H8N2O5/c1-4(11)9-8-6(12)2-5(10(14)15)3-7(8)13/h2-3,12-13H,1H3,(H,9,11). The van der Waals surface area contributed by atoms with Crippen LogP contribution in [0.3, 0.4) is 0 Å². The number of carbonyl (C=O) groups excluding carboxylic acids is 1. The van der Waals surface area contributed by atoms with E-state index >= 15 is 0 Å². The van der Waals surface area contributed by atoms with Crippen LogP contribution < -0.4 is 5.32 Å². The summed E-state index contributed by atoms with van der Waals surface area (Å²) in [6.07, 6.45) is 0. The van der Waals surface area contributed by atoms with E-state index in [-0.39, 0.29) is 5.69 Å². The number of non-ortho nitro benzene ring substituents is 1. The molecule has 0 unspecified atom stereocenters. The lowest BCUT2D eigenvalue weighted by Crippen LogP contribution is -2.06. The number of phenolic OH excluding ortho intramolecular Hbond substituents is 2. The van der Waals surface area contributed by atoms with Crippen LogP contribution in [0.2, 0.25) is 0 Å². The Morgan fingerprint density at radius 1 is 1.40 bits per heavy atom. The van der Waals surface area contributed by atoms with Crippen molar-refractivity contribution in [3.8, 4) is 11.5 Å². The second-order valence-corrected chi connectivity index (χ2v) is 2.80. The average Bonchev–Trinajstić information content (AvgIpc) is 2.10. The monoisotopic (exact) mass is 212 g/mol. The van der Waals surface area contributed by atoms with Gasteiger partial charge >= 0.3 is 0 Å². The molecule has 1 aromatic carbocycles. The normalized spacial score (nSPS) is 9.67. The summed E-state index contributed by atoms with van der Waals surface area (Å²) >= 11 is 0. The van der Waals surface area contributed by atoms with Crippen molar-refractivity contribution in [3.63, 3.8) is 0 Å². The minimum atomic E-state index is -0.767. The fraction of sp³-hybridized carbons (Fsp3) is 0.125. The molecular weight excluding hydrogens is 204 g/mol. The number of nitro benzene ring substituents is 1. The third-order valence-electron chi connectivity index (χ3n) is 1.59. The summed E-state index contributed by atoms with van der Waals surface area (Å²) < 4.78 is 0. The summed E-state index contributed by atoms with van der Waals surface area (Å²) in [5.41, 5.74) is -0.702. The highest BCUT2D eigenvalue weighted by atomic mass is 16.6. The SMILES string of the molecule is CC(=O)Nc1c(O)cc([N+](=O)[O-])cc1O. The van der Waals surface area contributed by atoms with Crippen LogP contribution in [0.15, 0.2) is 12.1 Å². The molecule has 0 aromatic heterocycles. The predicted octanol–water partition coefficient (Wildman–Crippen LogP) is 0.964. The van der Waals surface area contributed by atoms with E-state index in [2.05, 4.69) is 5.32 Å². The number of phenols is 2. The molecule has 0 aliphatic rings. The quantitative estimate of drug-likeness (QED) is 0.384. The molecule has 0 saturated heterocycles. The van der Waals surface area contributed by atoms with Crippen molar-refractivity contribution in [2.45, 2.75) is 6.92 Å². The van der Waals surface area contributed by atoms with Gasteiger partial charge in [0.05, 0.1) is 17.1 Å². The summed E-state index contributed by atoms with van der Waals surface area (Å²) in [5, 5.41) is 31.1. The van der Waals surface area contributed by atoms with E-state index in [4.69, 9.17) is 0 Å². The highest BCUT2D eigenvalue weighted by molar-refractivity contribution is 5.92. The van der Waals surface area contributed by atoms with Gasteiger partial charge in [0, 0.05) is 6.92 Å². The minimum absolute atomic E-state index is 0.242. The first kappa shape index (κ1) is 10.8. The number of aromatic hydroxyl groups is 2. The molecule has 7 heteroatoms. The molecule has 80 valence electrons. The van der Waals surface area contributed by atoms with E-state index in [1.165, 1.54) is 6.92 Å². The lowest BCUT2D eigenvalue weighted by Gasteiger charge is -2.06. The first-order valence-electron chi connectivity index (χ1n) is 3.89. The molecule has 0 aliphatic heterocycles. The Morgan fingerprint density at radius 3 is 2.20 bits per heavy atom. The Kier molecular flexibility index (Phi) is 2.75. The largest absolute Gasteiger partial charge is 0.505 e. The highest BCUT2D eigenvalue weighted by Crippen LogP contribution is 2.36. The molecule has 3 N–H and O–H groups in total. The lowest BCUT2D eigenvalue weighted by molar-refractivity contribution is -0.385. The van der Waals surface area contributed by atoms with Crippen LogP contribution in [0.4, 0.5) is 11.4 Å². The molecule has 15 heavy (non-hydrogen) atoms. The second-order valence-electron chi connectivity index (χ2n) is 2.80. The molecular formula is C8H8N2O5. The number of nitrogens with zero attached hydrogens (tertiary/aromatic N) is 1. The summed E-state index contributed by atoms with van der Waals surface area (Å²) in [6, 6.07) is 1.68. The lowest BCUT2D eigenvalue weighted by atomic mass is 10.2. The van der Waals surface area contributed by atoms with E-state index in [0.29, 0.717) is 0 Å². The Balaban J connectivity index is 3.21. The van der Waals surface area contributed by atoms with Gasteiger partial charge < -0.3 is 15.5 Å². The van der Waals surface area contributed by atoms with Crippen LogP contribution in [-0.2, 0) is 4.79 Å². The third kappa shape index (κ3) is 2.33. The smallest absolute Gasteiger partial charge is 0.276 e. The summed E-state index contributed by atoms with van der Waals surface area (Å²) in [4.78, 5) is 20.2. The highest BCUT2D eigenvalue weighted by Gasteiger charge is 2.16. The molecule has 0 bridgehead atoms. The van der Waals surface area contributed by atoms with Gasteiger partial charge in [-0.25, -0.2) is 0 Å². The molecule has 0 radical (unpaired) electrons. The van der Waals surface area contributed by atoms with E-state index in [1.807, 2.05) is 0 Å². The third-order valence-corrected chi connectivity index (χ3v) is 1.59. The van der Waals surface area contributed by atoms with Gasteiger partial charge in [-0.1, -0.05) is 0 Å². The number of nitrogens with one attached hydrogen (secondary N) is 1. The van der Waals surface area contributed by atoms with Crippen molar-refractivity contribution in [3.05, 3.63) is 22.2 Å². The number of hydrogen-bond donors (Lipinski definition) is 3. The molecule has 0 saturated carbocycles. The number of hydrogen-bond acceptors (Lipinski definition) is 5. The number of nitro groups is 1. The van der Waals surface area contributed by atoms with Gasteiger partial charge in [0.1, 0.15) is 17.2 Å². The van der Waals surface area contributed by atoms with E-state index in [9.17, 15) is 25.1 Å². The van der Waals surface area contributed by atoms with Crippen molar-refractivity contribution >= 4 is 17.3 Å². The number of carbonyl (C=O) groups is 1. The van der Waals surface area contributed by atoms with Crippen LogP contribution in [0.5, 0.6) is 11.5 Å². The van der Waals surface area contributed by atoms with Gasteiger partial charge in [0.25, 0.3) is 5.69 Å². The average molecular weight is 212 g/mol. The van der Waals surface area contributed by atoms with Gasteiger partial charge in [-0.3, -0.25) is 14.9 Å². The van der Waals surface area contributed by atoms with E-state index in [0.717, 1.165) is 12.1 Å². The van der Waals surface area contributed by atoms with E-state index in [1.54, 1.807) is 0 Å². The number of benzene rings is 1.